The van der Waals surface area contributed by atoms with Crippen molar-refractivity contribution < 1.29 is 0 Å². The molecule has 0 bridgehead atoms. The van der Waals surface area contributed by atoms with Gasteiger partial charge in [-0.25, -0.2) is 4.98 Å². The minimum Gasteiger partial charge on any atom is -0.335 e. The van der Waals surface area contributed by atoms with Gasteiger partial charge in [0, 0.05) is 12.1 Å². The molecule has 0 aliphatic heterocycles. The van der Waals surface area contributed by atoms with E-state index in [4.69, 9.17) is 12.2 Å². The van der Waals surface area contributed by atoms with Gasteiger partial charge in [-0.1, -0.05) is 12.2 Å². The zero-order valence-corrected chi connectivity index (χ0v) is 6.32. The summed E-state index contributed by atoms with van der Waals surface area (Å²) in [5, 5.41) is 0. The predicted molar refractivity (Wildman–Crippen MR) is 41.4 cm³/mol. The molecule has 0 amide bonds. The van der Waals surface area contributed by atoms with Gasteiger partial charge in [0.25, 0.3) is 0 Å². The number of aromatic nitrogens is 2. The quantitative estimate of drug-likeness (QED) is 0.624. The van der Waals surface area contributed by atoms with Crippen molar-refractivity contribution >= 4 is 12.2 Å². The Morgan fingerprint density at radius 2 is 2.40 bits per heavy atom. The van der Waals surface area contributed by atoms with Crippen molar-refractivity contribution in [3.63, 3.8) is 0 Å². The summed E-state index contributed by atoms with van der Waals surface area (Å²) in [4.78, 5) is 7.25. The fourth-order valence-electron chi connectivity index (χ4n) is 0.950. The molecule has 0 saturated heterocycles. The van der Waals surface area contributed by atoms with Gasteiger partial charge in [0.1, 0.15) is 10.5 Å². The Hall–Kier alpha value is -0.700. The Morgan fingerprint density at radius 1 is 1.60 bits per heavy atom. The maximum absolute atomic E-state index is 4.95. The first-order chi connectivity index (χ1) is 4.86. The molecule has 1 saturated carbocycles. The number of nitrogens with one attached hydrogen (secondary N) is 1. The molecule has 0 aromatic carbocycles. The highest BCUT2D eigenvalue weighted by atomic mass is 32.1. The maximum atomic E-state index is 4.95. The molecule has 10 heavy (non-hydrogen) atoms. The van der Waals surface area contributed by atoms with Gasteiger partial charge in [-0.3, -0.25) is 0 Å². The largest absolute Gasteiger partial charge is 0.335 e. The summed E-state index contributed by atoms with van der Waals surface area (Å²) >= 11 is 4.95. The van der Waals surface area contributed by atoms with Crippen LogP contribution < -0.4 is 0 Å². The molecule has 0 atom stereocenters. The van der Waals surface area contributed by atoms with Crippen LogP contribution in [0.15, 0.2) is 12.3 Å². The molecule has 1 fully saturated rings. The van der Waals surface area contributed by atoms with Crippen LogP contribution in [0, 0.1) is 4.64 Å². The Bertz CT molecular complexity index is 288. The highest BCUT2D eigenvalue weighted by Gasteiger charge is 2.25. The second-order valence-corrected chi connectivity index (χ2v) is 3.03. The first kappa shape index (κ1) is 6.04. The highest BCUT2D eigenvalue weighted by Crippen LogP contribution is 2.37. The van der Waals surface area contributed by atoms with Crippen molar-refractivity contribution in [2.24, 2.45) is 0 Å². The number of hydrogen-bond acceptors (Lipinski definition) is 2. The molecular weight excluding hydrogens is 144 g/mol. The zero-order chi connectivity index (χ0) is 6.97. The van der Waals surface area contributed by atoms with E-state index in [-0.39, 0.29) is 0 Å². The number of H-pyrrole nitrogens is 1. The predicted octanol–water partition coefficient (Wildman–Crippen LogP) is 2.02. The average Bonchev–Trinajstić information content (AvgIpc) is 2.68. The highest BCUT2D eigenvalue weighted by molar-refractivity contribution is 7.71. The van der Waals surface area contributed by atoms with Crippen molar-refractivity contribution in [2.75, 3.05) is 0 Å². The lowest BCUT2D eigenvalue weighted by Crippen LogP contribution is -1.89. The van der Waals surface area contributed by atoms with E-state index in [2.05, 4.69) is 9.97 Å². The Labute approximate surface area is 64.3 Å². The van der Waals surface area contributed by atoms with Crippen LogP contribution >= 0.6 is 12.2 Å². The fraction of sp³-hybridized carbons (Fsp3) is 0.429. The van der Waals surface area contributed by atoms with Crippen LogP contribution in [-0.2, 0) is 0 Å². The molecule has 3 heteroatoms. The number of hydrogen-bond donors (Lipinski definition) is 1. The first-order valence-corrected chi connectivity index (χ1v) is 3.82. The maximum Gasteiger partial charge on any atom is 0.110 e. The summed E-state index contributed by atoms with van der Waals surface area (Å²) in [5.41, 5.74) is 0. The summed E-state index contributed by atoms with van der Waals surface area (Å²) in [6.07, 6.45) is 4.30. The van der Waals surface area contributed by atoms with E-state index < -0.39 is 0 Å². The molecule has 1 aliphatic carbocycles. The fourth-order valence-corrected chi connectivity index (χ4v) is 1.12. The van der Waals surface area contributed by atoms with Gasteiger partial charge < -0.3 is 4.98 Å². The van der Waals surface area contributed by atoms with Crippen molar-refractivity contribution in [1.82, 2.24) is 9.97 Å². The molecule has 1 heterocycles. The monoisotopic (exact) mass is 152 g/mol. The SMILES string of the molecule is S=c1ccnc(C2CC2)[nH]1. The zero-order valence-electron chi connectivity index (χ0n) is 5.50. The summed E-state index contributed by atoms with van der Waals surface area (Å²) < 4.78 is 0.789. The number of rotatable bonds is 1. The van der Waals surface area contributed by atoms with Crippen molar-refractivity contribution in [3.05, 3.63) is 22.7 Å². The lowest BCUT2D eigenvalue weighted by atomic mass is 10.4. The van der Waals surface area contributed by atoms with E-state index >= 15 is 0 Å². The lowest BCUT2D eigenvalue weighted by Gasteiger charge is -1.93. The third-order valence-electron chi connectivity index (χ3n) is 1.65. The van der Waals surface area contributed by atoms with Gasteiger partial charge in [-0.05, 0) is 18.9 Å². The molecule has 2 rings (SSSR count). The molecule has 0 radical (unpaired) electrons. The van der Waals surface area contributed by atoms with Crippen LogP contribution in [0.25, 0.3) is 0 Å². The van der Waals surface area contributed by atoms with Crippen LogP contribution in [0.5, 0.6) is 0 Å². The second kappa shape index (κ2) is 2.16. The normalized spacial score (nSPS) is 17.2. The van der Waals surface area contributed by atoms with Gasteiger partial charge >= 0.3 is 0 Å². The van der Waals surface area contributed by atoms with E-state index in [9.17, 15) is 0 Å². The molecule has 0 spiro atoms. The van der Waals surface area contributed by atoms with Crippen molar-refractivity contribution in [3.8, 4) is 0 Å². The molecule has 1 aliphatic rings. The van der Waals surface area contributed by atoms with Gasteiger partial charge in [0.15, 0.2) is 0 Å². The average molecular weight is 152 g/mol. The summed E-state index contributed by atoms with van der Waals surface area (Å²) in [5.74, 6) is 1.73. The van der Waals surface area contributed by atoms with Crippen LogP contribution in [0.2, 0.25) is 0 Å². The molecule has 52 valence electrons. The third kappa shape index (κ3) is 1.09. The van der Waals surface area contributed by atoms with E-state index in [0.29, 0.717) is 5.92 Å². The van der Waals surface area contributed by atoms with Crippen LogP contribution in [0.1, 0.15) is 24.6 Å². The van der Waals surface area contributed by atoms with Gasteiger partial charge in [-0.15, -0.1) is 0 Å². The summed E-state index contributed by atoms with van der Waals surface area (Å²) in [7, 11) is 0. The first-order valence-electron chi connectivity index (χ1n) is 3.41. The van der Waals surface area contributed by atoms with Gasteiger partial charge in [-0.2, -0.15) is 0 Å². The Kier molecular flexibility index (Phi) is 1.31. The molecule has 0 unspecified atom stereocenters. The van der Waals surface area contributed by atoms with E-state index in [1.54, 1.807) is 12.3 Å². The molecule has 2 nitrogen and oxygen atoms in total. The van der Waals surface area contributed by atoms with E-state index in [0.717, 1.165) is 10.5 Å². The molecule has 1 aromatic heterocycles. The van der Waals surface area contributed by atoms with Crippen LogP contribution in [-0.4, -0.2) is 9.97 Å². The third-order valence-corrected chi connectivity index (χ3v) is 1.89. The van der Waals surface area contributed by atoms with Crippen LogP contribution in [0.4, 0.5) is 0 Å². The minimum atomic E-state index is 0.669. The van der Waals surface area contributed by atoms with Gasteiger partial charge in [0.05, 0.1) is 0 Å². The Morgan fingerprint density at radius 3 is 3.00 bits per heavy atom. The standard InChI is InChI=1S/C7H8N2S/c10-6-3-4-8-7(9-6)5-1-2-5/h3-5H,1-2H2,(H,8,9,10). The van der Waals surface area contributed by atoms with E-state index in [1.807, 2.05) is 0 Å². The molecule has 1 aromatic rings. The van der Waals surface area contributed by atoms with E-state index in [1.165, 1.54) is 12.8 Å². The second-order valence-electron chi connectivity index (χ2n) is 2.59. The molecular formula is C7H8N2S. The number of aromatic amines is 1. The van der Waals surface area contributed by atoms with Crippen LogP contribution in [0.3, 0.4) is 0 Å². The topological polar surface area (TPSA) is 28.7 Å². The molecule has 1 N–H and O–H groups in total. The minimum absolute atomic E-state index is 0.669. The van der Waals surface area contributed by atoms with Gasteiger partial charge in [0.2, 0.25) is 0 Å². The van der Waals surface area contributed by atoms with Crippen molar-refractivity contribution in [1.29, 1.82) is 0 Å². The van der Waals surface area contributed by atoms with Crippen molar-refractivity contribution in [2.45, 2.75) is 18.8 Å². The smallest absolute Gasteiger partial charge is 0.110 e. The lowest BCUT2D eigenvalue weighted by molar-refractivity contribution is 0.920. The summed E-state index contributed by atoms with van der Waals surface area (Å²) in [6, 6.07) is 1.81. The summed E-state index contributed by atoms with van der Waals surface area (Å²) in [6.45, 7) is 0. The Balaban J connectivity index is 2.41. The number of nitrogens with zero attached hydrogens (tertiary/aromatic N) is 1.